The molecule has 0 spiro atoms. The summed E-state index contributed by atoms with van der Waals surface area (Å²) < 4.78 is 2.04. The van der Waals surface area contributed by atoms with Crippen LogP contribution in [0.2, 0.25) is 0 Å². The smallest absolute Gasteiger partial charge is 0.230 e. The van der Waals surface area contributed by atoms with Crippen molar-refractivity contribution >= 4 is 17.7 Å². The molecule has 5 rings (SSSR count). The fourth-order valence-electron chi connectivity index (χ4n) is 5.59. The van der Waals surface area contributed by atoms with E-state index in [0.717, 1.165) is 28.9 Å². The molecule has 2 bridgehead atoms. The Labute approximate surface area is 199 Å². The predicted octanol–water partition coefficient (Wildman–Crippen LogP) is 4.98. The van der Waals surface area contributed by atoms with Gasteiger partial charge < -0.3 is 5.32 Å². The fraction of sp³-hybridized carbons (Fsp3) is 0.462. The van der Waals surface area contributed by atoms with Gasteiger partial charge in [-0.25, -0.2) is 0 Å². The van der Waals surface area contributed by atoms with E-state index >= 15 is 0 Å². The summed E-state index contributed by atoms with van der Waals surface area (Å²) in [4.78, 5) is 16.9. The van der Waals surface area contributed by atoms with Crippen LogP contribution in [-0.2, 0) is 4.79 Å². The summed E-state index contributed by atoms with van der Waals surface area (Å²) in [7, 11) is 0. The van der Waals surface area contributed by atoms with E-state index in [1.165, 1.54) is 48.6 Å². The Bertz CT molecular complexity index is 1140. The lowest BCUT2D eigenvalue weighted by atomic mass is 9.84. The lowest BCUT2D eigenvalue weighted by Crippen LogP contribution is -2.40. The zero-order valence-electron chi connectivity index (χ0n) is 19.5. The molecular formula is C26H31N5OS. The van der Waals surface area contributed by atoms with Crippen LogP contribution >= 0.6 is 11.8 Å². The maximum Gasteiger partial charge on any atom is 0.230 e. The molecule has 2 aromatic heterocycles. The molecule has 0 saturated heterocycles. The second-order valence-corrected chi connectivity index (χ2v) is 10.6. The first-order valence-corrected chi connectivity index (χ1v) is 12.8. The fourth-order valence-corrected chi connectivity index (χ4v) is 6.35. The van der Waals surface area contributed by atoms with Gasteiger partial charge in [0.15, 0.2) is 11.0 Å². The van der Waals surface area contributed by atoms with Crippen LogP contribution in [0.5, 0.6) is 0 Å². The molecule has 2 saturated carbocycles. The molecule has 6 nitrogen and oxygen atoms in total. The van der Waals surface area contributed by atoms with E-state index in [2.05, 4.69) is 59.5 Å². The van der Waals surface area contributed by atoms with Crippen LogP contribution in [0, 0.1) is 31.6 Å². The number of rotatable bonds is 7. The number of hydrogen-bond donors (Lipinski definition) is 1. The third-order valence-corrected chi connectivity index (χ3v) is 8.41. The molecule has 3 aromatic rings. The zero-order chi connectivity index (χ0) is 22.9. The molecule has 33 heavy (non-hydrogen) atoms. The third-order valence-electron chi connectivity index (χ3n) is 7.48. The molecular weight excluding hydrogens is 430 g/mol. The Morgan fingerprint density at radius 2 is 1.94 bits per heavy atom. The molecule has 0 aliphatic heterocycles. The first-order valence-electron chi connectivity index (χ1n) is 11.8. The van der Waals surface area contributed by atoms with Gasteiger partial charge in [0, 0.05) is 24.0 Å². The highest BCUT2D eigenvalue weighted by Gasteiger charge is 2.42. The zero-order valence-corrected chi connectivity index (χ0v) is 20.3. The second-order valence-electron chi connectivity index (χ2n) is 9.63. The summed E-state index contributed by atoms with van der Waals surface area (Å²) in [6, 6.07) is 10.4. The lowest BCUT2D eigenvalue weighted by molar-refractivity contribution is -0.119. The number of thioether (sulfide) groups is 1. The number of carbonyl (C=O) groups excluding carboxylic acids is 1. The molecule has 2 fully saturated rings. The van der Waals surface area contributed by atoms with E-state index in [1.807, 2.05) is 16.7 Å². The Balaban J connectivity index is 1.34. The van der Waals surface area contributed by atoms with Crippen LogP contribution in [0.1, 0.15) is 43.7 Å². The van der Waals surface area contributed by atoms with Crippen LogP contribution in [0.3, 0.4) is 0 Å². The molecule has 0 radical (unpaired) electrons. The first-order chi connectivity index (χ1) is 16.0. The Kier molecular flexibility index (Phi) is 6.23. The number of carbonyl (C=O) groups is 1. The summed E-state index contributed by atoms with van der Waals surface area (Å²) in [5, 5.41) is 12.9. The van der Waals surface area contributed by atoms with Gasteiger partial charge in [-0.1, -0.05) is 24.2 Å². The van der Waals surface area contributed by atoms with E-state index in [1.54, 1.807) is 12.4 Å². The summed E-state index contributed by atoms with van der Waals surface area (Å²) in [5.74, 6) is 3.46. The first kappa shape index (κ1) is 22.1. The van der Waals surface area contributed by atoms with E-state index in [-0.39, 0.29) is 11.9 Å². The minimum atomic E-state index is 0.0652. The van der Waals surface area contributed by atoms with Gasteiger partial charge in [-0.3, -0.25) is 14.3 Å². The van der Waals surface area contributed by atoms with Crippen molar-refractivity contribution in [2.45, 2.75) is 57.7 Å². The molecule has 172 valence electrons. The minimum Gasteiger partial charge on any atom is -0.353 e. The van der Waals surface area contributed by atoms with E-state index in [9.17, 15) is 4.79 Å². The van der Waals surface area contributed by atoms with E-state index < -0.39 is 0 Å². The number of aromatic nitrogens is 4. The van der Waals surface area contributed by atoms with E-state index in [4.69, 9.17) is 0 Å². The highest BCUT2D eigenvalue weighted by molar-refractivity contribution is 7.99. The SMILES string of the molecule is Cc1ccc(-n2c(SCC(=O)NC(C)C3CC4CCC3C4)nnc2-c2ccncc2)cc1C. The van der Waals surface area contributed by atoms with Crippen molar-refractivity contribution in [3.63, 3.8) is 0 Å². The lowest BCUT2D eigenvalue weighted by Gasteiger charge is -2.28. The molecule has 2 heterocycles. The van der Waals surface area contributed by atoms with Crippen molar-refractivity contribution in [2.75, 3.05) is 5.75 Å². The minimum absolute atomic E-state index is 0.0652. The Morgan fingerprint density at radius 1 is 1.12 bits per heavy atom. The Hall–Kier alpha value is -2.67. The number of amides is 1. The molecule has 1 aromatic carbocycles. The highest BCUT2D eigenvalue weighted by Crippen LogP contribution is 2.49. The molecule has 7 heteroatoms. The van der Waals surface area contributed by atoms with Gasteiger partial charge in [-0.15, -0.1) is 10.2 Å². The number of aryl methyl sites for hydroxylation is 2. The molecule has 1 N–H and O–H groups in total. The maximum absolute atomic E-state index is 12.8. The molecule has 4 unspecified atom stereocenters. The predicted molar refractivity (Wildman–Crippen MR) is 131 cm³/mol. The monoisotopic (exact) mass is 461 g/mol. The topological polar surface area (TPSA) is 72.7 Å². The average Bonchev–Trinajstić information content (AvgIpc) is 3.56. The number of nitrogens with zero attached hydrogens (tertiary/aromatic N) is 4. The van der Waals surface area contributed by atoms with Gasteiger partial charge in [0.05, 0.1) is 11.4 Å². The second kappa shape index (κ2) is 9.29. The third kappa shape index (κ3) is 4.56. The average molecular weight is 462 g/mol. The number of benzene rings is 1. The van der Waals surface area contributed by atoms with Crippen molar-refractivity contribution in [2.24, 2.45) is 17.8 Å². The normalized spacial score (nSPS) is 22.5. The molecule has 2 aliphatic carbocycles. The highest BCUT2D eigenvalue weighted by atomic mass is 32.2. The Morgan fingerprint density at radius 3 is 2.64 bits per heavy atom. The number of pyridine rings is 1. The van der Waals surface area contributed by atoms with Crippen LogP contribution < -0.4 is 5.32 Å². The van der Waals surface area contributed by atoms with Crippen molar-refractivity contribution in [1.29, 1.82) is 0 Å². The molecule has 1 amide bonds. The number of nitrogens with one attached hydrogen (secondary N) is 1. The molecule has 2 aliphatic rings. The maximum atomic E-state index is 12.8. The summed E-state index contributed by atoms with van der Waals surface area (Å²) in [6.45, 7) is 6.38. The van der Waals surface area contributed by atoms with Crippen LogP contribution in [0.4, 0.5) is 0 Å². The van der Waals surface area contributed by atoms with Crippen LogP contribution in [0.15, 0.2) is 47.9 Å². The van der Waals surface area contributed by atoms with E-state index in [0.29, 0.717) is 16.8 Å². The van der Waals surface area contributed by atoms with Crippen molar-refractivity contribution < 1.29 is 4.79 Å². The van der Waals surface area contributed by atoms with Gasteiger partial charge in [-0.2, -0.15) is 0 Å². The summed E-state index contributed by atoms with van der Waals surface area (Å²) >= 11 is 1.44. The standard InChI is InChI=1S/C26H31N5OS/c1-16-4-7-22(12-17(16)2)31-25(20-8-10-27-11-9-20)29-30-26(31)33-15-24(32)28-18(3)23-14-19-5-6-21(23)13-19/h4,7-12,18-19,21,23H,5-6,13-15H2,1-3H3,(H,28,32). The number of fused-ring (bicyclic) bond motifs is 2. The van der Waals surface area contributed by atoms with Crippen LogP contribution in [-0.4, -0.2) is 37.5 Å². The van der Waals surface area contributed by atoms with Gasteiger partial charge in [0.2, 0.25) is 5.91 Å². The van der Waals surface area contributed by atoms with Gasteiger partial charge >= 0.3 is 0 Å². The summed E-state index contributed by atoms with van der Waals surface area (Å²) in [6.07, 6.45) is 8.86. The van der Waals surface area contributed by atoms with Crippen molar-refractivity contribution in [3.8, 4) is 17.1 Å². The quantitative estimate of drug-likeness (QED) is 0.503. The van der Waals surface area contributed by atoms with Crippen LogP contribution in [0.25, 0.3) is 17.1 Å². The van der Waals surface area contributed by atoms with Crippen molar-refractivity contribution in [3.05, 3.63) is 53.9 Å². The van der Waals surface area contributed by atoms with Gasteiger partial charge in [-0.05, 0) is 93.2 Å². The van der Waals surface area contributed by atoms with Gasteiger partial charge in [0.1, 0.15) is 0 Å². The largest absolute Gasteiger partial charge is 0.353 e. The summed E-state index contributed by atoms with van der Waals surface area (Å²) in [5.41, 5.74) is 4.38. The van der Waals surface area contributed by atoms with Gasteiger partial charge in [0.25, 0.3) is 0 Å². The number of hydrogen-bond acceptors (Lipinski definition) is 5. The molecule has 4 atom stereocenters. The van der Waals surface area contributed by atoms with Crippen molar-refractivity contribution in [1.82, 2.24) is 25.1 Å².